The molecule has 0 saturated heterocycles. The Hall–Kier alpha value is 0. The summed E-state index contributed by atoms with van der Waals surface area (Å²) in [5.41, 5.74) is 0. The molecule has 0 aliphatic heterocycles. The second-order valence-corrected chi connectivity index (χ2v) is 9.87. The maximum Gasteiger partial charge on any atom is -0.0414 e. The van der Waals surface area contributed by atoms with Crippen molar-refractivity contribution in [3.8, 4) is 0 Å². The second-order valence-electron chi connectivity index (χ2n) is 9.87. The minimum Gasteiger partial charge on any atom is -0.0654 e. The summed E-state index contributed by atoms with van der Waals surface area (Å²) in [6, 6.07) is 0. The van der Waals surface area contributed by atoms with Crippen LogP contribution in [0.2, 0.25) is 0 Å². The molecule has 0 bridgehead atoms. The average molecular weight is 408 g/mol. The van der Waals surface area contributed by atoms with Gasteiger partial charge in [-0.15, -0.1) is 0 Å². The third kappa shape index (κ3) is 26.0. The van der Waals surface area contributed by atoms with E-state index < -0.39 is 0 Å². The van der Waals surface area contributed by atoms with Gasteiger partial charge in [-0.25, -0.2) is 0 Å². The van der Waals surface area contributed by atoms with E-state index in [2.05, 4.69) is 20.8 Å². The van der Waals surface area contributed by atoms with Crippen molar-refractivity contribution in [3.63, 3.8) is 0 Å². The van der Waals surface area contributed by atoms with Gasteiger partial charge in [-0.05, 0) is 5.92 Å². The molecule has 0 saturated carbocycles. The van der Waals surface area contributed by atoms with Crippen LogP contribution in [0.1, 0.15) is 174 Å². The van der Waals surface area contributed by atoms with Crippen molar-refractivity contribution in [1.82, 2.24) is 0 Å². The Morgan fingerprint density at radius 1 is 0.345 bits per heavy atom. The number of hydrogen-bond acceptors (Lipinski definition) is 0. The number of unbranched alkanes of at least 4 members (excludes halogenated alkanes) is 21. The fraction of sp³-hybridized carbons (Fsp3) is 0.966. The summed E-state index contributed by atoms with van der Waals surface area (Å²) in [6.45, 7) is 8.92. The first kappa shape index (κ1) is 29.0. The van der Waals surface area contributed by atoms with Crippen LogP contribution >= 0.6 is 0 Å². The highest BCUT2D eigenvalue weighted by Gasteiger charge is 2.01. The van der Waals surface area contributed by atoms with Gasteiger partial charge in [-0.3, -0.25) is 0 Å². The molecular weight excluding hydrogens is 348 g/mol. The predicted octanol–water partition coefficient (Wildman–Crippen LogP) is 11.2. The first-order valence-electron chi connectivity index (χ1n) is 14.1. The van der Waals surface area contributed by atoms with Crippen LogP contribution in [0.5, 0.6) is 0 Å². The van der Waals surface area contributed by atoms with E-state index in [1.54, 1.807) is 0 Å². The summed E-state index contributed by atoms with van der Waals surface area (Å²) in [5.74, 6) is 0.720. The molecule has 0 aromatic heterocycles. The monoisotopic (exact) mass is 407 g/mol. The van der Waals surface area contributed by atoms with Crippen LogP contribution in [0.3, 0.4) is 0 Å². The highest BCUT2D eigenvalue weighted by atomic mass is 14.1. The van der Waals surface area contributed by atoms with E-state index in [1.807, 2.05) is 0 Å². The van der Waals surface area contributed by atoms with Crippen LogP contribution in [0.4, 0.5) is 0 Å². The summed E-state index contributed by atoms with van der Waals surface area (Å²) < 4.78 is 0. The van der Waals surface area contributed by atoms with Crippen LogP contribution in [0, 0.1) is 12.8 Å². The zero-order valence-corrected chi connectivity index (χ0v) is 21.0. The summed E-state index contributed by atoms with van der Waals surface area (Å²) in [5, 5.41) is 0. The fourth-order valence-electron chi connectivity index (χ4n) is 4.52. The Balaban J connectivity index is 3.05. The van der Waals surface area contributed by atoms with E-state index >= 15 is 0 Å². The lowest BCUT2D eigenvalue weighted by Gasteiger charge is -2.10. The molecule has 0 aliphatic carbocycles. The van der Waals surface area contributed by atoms with Crippen LogP contribution in [-0.2, 0) is 0 Å². The normalized spacial score (nSPS) is 12.5. The minimum atomic E-state index is 0.720. The van der Waals surface area contributed by atoms with Gasteiger partial charge in [-0.1, -0.05) is 181 Å². The van der Waals surface area contributed by atoms with Crippen molar-refractivity contribution in [3.05, 3.63) is 6.92 Å². The van der Waals surface area contributed by atoms with Crippen LogP contribution in [-0.4, -0.2) is 0 Å². The van der Waals surface area contributed by atoms with Crippen molar-refractivity contribution in [2.75, 3.05) is 0 Å². The summed E-state index contributed by atoms with van der Waals surface area (Å²) in [7, 11) is 0. The van der Waals surface area contributed by atoms with Crippen LogP contribution in [0.25, 0.3) is 0 Å². The molecule has 0 amide bonds. The smallest absolute Gasteiger partial charge is 0.0414 e. The van der Waals surface area contributed by atoms with Gasteiger partial charge < -0.3 is 0 Å². The fourth-order valence-corrected chi connectivity index (χ4v) is 4.52. The molecule has 0 rings (SSSR count). The molecular formula is C29H59. The van der Waals surface area contributed by atoms with Gasteiger partial charge in [0.2, 0.25) is 0 Å². The molecule has 0 heterocycles. The Bertz CT molecular complexity index is 269. The van der Waals surface area contributed by atoms with Gasteiger partial charge in [0.05, 0.1) is 0 Å². The maximum absolute atomic E-state index is 4.33. The maximum atomic E-state index is 4.33. The molecule has 0 fully saturated rings. The zero-order valence-electron chi connectivity index (χ0n) is 21.0. The first-order valence-corrected chi connectivity index (χ1v) is 14.1. The zero-order chi connectivity index (χ0) is 21.3. The van der Waals surface area contributed by atoms with Crippen molar-refractivity contribution in [2.45, 2.75) is 174 Å². The van der Waals surface area contributed by atoms with Crippen molar-refractivity contribution in [1.29, 1.82) is 0 Å². The van der Waals surface area contributed by atoms with Gasteiger partial charge in [0.15, 0.2) is 0 Å². The van der Waals surface area contributed by atoms with E-state index in [0.717, 1.165) is 5.92 Å². The third-order valence-corrected chi connectivity index (χ3v) is 6.68. The number of hydrogen-bond donors (Lipinski definition) is 0. The molecule has 0 nitrogen and oxygen atoms in total. The topological polar surface area (TPSA) is 0 Å². The molecule has 0 aromatic rings. The van der Waals surface area contributed by atoms with Gasteiger partial charge in [0.25, 0.3) is 0 Å². The first-order chi connectivity index (χ1) is 14.3. The van der Waals surface area contributed by atoms with E-state index in [0.29, 0.717) is 0 Å². The lowest BCUT2D eigenvalue weighted by Crippen LogP contribution is -1.95. The predicted molar refractivity (Wildman–Crippen MR) is 136 cm³/mol. The Kier molecular flexibility index (Phi) is 26.0. The highest BCUT2D eigenvalue weighted by molar-refractivity contribution is 4.62. The molecule has 1 radical (unpaired) electrons. The summed E-state index contributed by atoms with van der Waals surface area (Å²) in [4.78, 5) is 0. The molecule has 29 heavy (non-hydrogen) atoms. The van der Waals surface area contributed by atoms with Gasteiger partial charge >= 0.3 is 0 Å². The van der Waals surface area contributed by atoms with Crippen LogP contribution in [0.15, 0.2) is 0 Å². The lowest BCUT2D eigenvalue weighted by molar-refractivity contribution is 0.467. The molecule has 0 heteroatoms. The van der Waals surface area contributed by atoms with Crippen molar-refractivity contribution < 1.29 is 0 Å². The van der Waals surface area contributed by atoms with Gasteiger partial charge in [-0.2, -0.15) is 0 Å². The van der Waals surface area contributed by atoms with Crippen molar-refractivity contribution >= 4 is 0 Å². The van der Waals surface area contributed by atoms with E-state index in [4.69, 9.17) is 0 Å². The van der Waals surface area contributed by atoms with Crippen LogP contribution < -0.4 is 0 Å². The SMILES string of the molecule is [CH2]C(CCCCC)CCCCCCCCCCCCCCCCCCCCCC. The van der Waals surface area contributed by atoms with Crippen molar-refractivity contribution in [2.24, 2.45) is 5.92 Å². The quantitative estimate of drug-likeness (QED) is 0.132. The Morgan fingerprint density at radius 3 is 0.862 bits per heavy atom. The Labute approximate surface area is 187 Å². The standard InChI is InChI=1S/C29H59/c1-4-6-8-9-10-11-12-13-14-15-16-17-18-19-20-21-22-23-24-26-28-29(3)27-25-7-5-2/h29H,3-28H2,1-2H3. The van der Waals surface area contributed by atoms with Gasteiger partial charge in [0.1, 0.15) is 0 Å². The van der Waals surface area contributed by atoms with E-state index in [9.17, 15) is 0 Å². The number of rotatable bonds is 25. The van der Waals surface area contributed by atoms with Gasteiger partial charge in [0, 0.05) is 0 Å². The molecule has 0 aliphatic rings. The molecule has 0 aromatic carbocycles. The second kappa shape index (κ2) is 26.0. The molecule has 175 valence electrons. The molecule has 1 unspecified atom stereocenters. The van der Waals surface area contributed by atoms with E-state index in [1.165, 1.54) is 161 Å². The third-order valence-electron chi connectivity index (χ3n) is 6.68. The molecule has 0 N–H and O–H groups in total. The minimum absolute atomic E-state index is 0.720. The molecule has 1 atom stereocenters. The lowest BCUT2D eigenvalue weighted by atomic mass is 9.96. The van der Waals surface area contributed by atoms with E-state index in [-0.39, 0.29) is 0 Å². The Morgan fingerprint density at radius 2 is 0.552 bits per heavy atom. The largest absolute Gasteiger partial charge is 0.0654 e. The summed E-state index contributed by atoms with van der Waals surface area (Å²) in [6.07, 6.45) is 36.2. The molecule has 0 spiro atoms. The highest BCUT2D eigenvalue weighted by Crippen LogP contribution is 2.18. The average Bonchev–Trinajstić information content (AvgIpc) is 2.72. The summed E-state index contributed by atoms with van der Waals surface area (Å²) >= 11 is 0.